The molecule has 1 aromatic rings. The van der Waals surface area contributed by atoms with Crippen LogP contribution >= 0.6 is 0 Å². The molecule has 5 heteroatoms. The summed E-state index contributed by atoms with van der Waals surface area (Å²) in [5, 5.41) is 8.65. The average molecular weight is 176 g/mol. The van der Waals surface area contributed by atoms with E-state index in [1.807, 2.05) is 5.87 Å². The summed E-state index contributed by atoms with van der Waals surface area (Å²) in [5.74, 6) is 2.18. The van der Waals surface area contributed by atoms with Crippen molar-refractivity contribution >= 4 is 11.7 Å². The maximum atomic E-state index is 11.6. The largest absolute Gasteiger partial charge is 0.763 e. The van der Waals surface area contributed by atoms with Gasteiger partial charge in [0.05, 0.1) is 13.6 Å². The van der Waals surface area contributed by atoms with Crippen molar-refractivity contribution in [2.24, 2.45) is 7.05 Å². The molecule has 0 fully saturated rings. The third kappa shape index (κ3) is 0.981. The highest BCUT2D eigenvalue weighted by Gasteiger charge is 2.30. The Hall–Kier alpha value is -1.87. The normalized spacial score (nSPS) is 14.8. The number of hydrogen-bond acceptors (Lipinski definition) is 2. The van der Waals surface area contributed by atoms with E-state index in [-0.39, 0.29) is 11.4 Å². The lowest BCUT2D eigenvalue weighted by Gasteiger charge is -2.11. The van der Waals surface area contributed by atoms with Crippen LogP contribution in [0.25, 0.3) is 5.41 Å². The Kier molecular flexibility index (Phi) is 1.53. The Morgan fingerprint density at radius 1 is 1.77 bits per heavy atom. The summed E-state index contributed by atoms with van der Waals surface area (Å²) in [5.41, 5.74) is 3.18. The molecule has 0 spiro atoms. The Morgan fingerprint density at radius 3 is 3.23 bits per heavy atom. The van der Waals surface area contributed by atoms with Crippen molar-refractivity contribution in [3.63, 3.8) is 0 Å². The molecule has 0 atom stereocenters. The van der Waals surface area contributed by atoms with Gasteiger partial charge < -0.3 is 5.41 Å². The molecule has 66 valence electrons. The van der Waals surface area contributed by atoms with Crippen LogP contribution < -0.4 is 9.99 Å². The molecule has 0 saturated heterocycles. The van der Waals surface area contributed by atoms with Gasteiger partial charge in [-0.05, 0) is 0 Å². The Balaban J connectivity index is 2.61. The molecule has 13 heavy (non-hydrogen) atoms. The molecule has 2 heterocycles. The number of aryl methyl sites for hydroxylation is 1. The van der Waals surface area contributed by atoms with Gasteiger partial charge in [-0.15, -0.1) is 4.68 Å². The van der Waals surface area contributed by atoms with Gasteiger partial charge in [-0.2, -0.15) is 0 Å². The third-order valence-electron chi connectivity index (χ3n) is 2.04. The van der Waals surface area contributed by atoms with Crippen LogP contribution in [0.15, 0.2) is 18.0 Å². The van der Waals surface area contributed by atoms with Gasteiger partial charge >= 0.3 is 5.82 Å². The maximum absolute atomic E-state index is 11.6. The minimum absolute atomic E-state index is 0.200. The Bertz CT molecular complexity index is 425. The third-order valence-corrected chi connectivity index (χ3v) is 2.04. The molecule has 0 aromatic carbocycles. The van der Waals surface area contributed by atoms with Gasteiger partial charge in [0.25, 0.3) is 5.78 Å². The summed E-state index contributed by atoms with van der Waals surface area (Å²) in [4.78, 5) is 11.6. The number of nitrogens with one attached hydrogen (secondary N) is 1. The Labute approximate surface area is 74.8 Å². The summed E-state index contributed by atoms with van der Waals surface area (Å²) >= 11 is 0. The molecule has 0 saturated carbocycles. The minimum Gasteiger partial charge on any atom is -0.763 e. The maximum Gasteiger partial charge on any atom is 0.354 e. The van der Waals surface area contributed by atoms with Crippen LogP contribution in [-0.2, 0) is 7.05 Å². The molecular formula is C8H8N4O. The lowest BCUT2D eigenvalue weighted by Crippen LogP contribution is -2.42. The summed E-state index contributed by atoms with van der Waals surface area (Å²) < 4.78 is 3.31. The van der Waals surface area contributed by atoms with Crippen molar-refractivity contribution in [1.82, 2.24) is 4.68 Å². The van der Waals surface area contributed by atoms with Crippen LogP contribution in [0.4, 0.5) is 0 Å². The Morgan fingerprint density at radius 2 is 2.54 bits per heavy atom. The van der Waals surface area contributed by atoms with E-state index in [2.05, 4.69) is 5.43 Å². The van der Waals surface area contributed by atoms with E-state index in [0.717, 1.165) is 0 Å². The number of rotatable bonds is 0. The first-order chi connectivity index (χ1) is 6.24. The van der Waals surface area contributed by atoms with E-state index in [4.69, 9.17) is 5.41 Å². The summed E-state index contributed by atoms with van der Waals surface area (Å²) in [6.07, 6.45) is 3.52. The zero-order valence-corrected chi connectivity index (χ0v) is 7.11. The lowest BCUT2D eigenvalue weighted by molar-refractivity contribution is -0.672. The fraction of sp³-hybridized carbons (Fsp3) is 0.250. The molecule has 1 N–H and O–H groups in total. The van der Waals surface area contributed by atoms with Gasteiger partial charge in [-0.3, -0.25) is 16.1 Å². The highest BCUT2D eigenvalue weighted by Crippen LogP contribution is 2.06. The van der Waals surface area contributed by atoms with Crippen LogP contribution in [0.1, 0.15) is 10.6 Å². The molecule has 0 unspecified atom stereocenters. The zero-order valence-electron chi connectivity index (χ0n) is 7.11. The fourth-order valence-corrected chi connectivity index (χ4v) is 1.34. The van der Waals surface area contributed by atoms with Crippen molar-refractivity contribution in [2.45, 2.75) is 0 Å². The van der Waals surface area contributed by atoms with E-state index < -0.39 is 0 Å². The second-order valence-electron chi connectivity index (χ2n) is 2.86. The minimum atomic E-state index is -0.200. The van der Waals surface area contributed by atoms with Crippen LogP contribution in [0.2, 0.25) is 0 Å². The SMILES string of the molecule is C[n+]1ccn2c1C(=O)C(=C=[N-])CN2. The van der Waals surface area contributed by atoms with Crippen LogP contribution in [-0.4, -0.2) is 22.9 Å². The van der Waals surface area contributed by atoms with E-state index in [1.54, 1.807) is 28.7 Å². The lowest BCUT2D eigenvalue weighted by atomic mass is 10.1. The number of imidazole rings is 1. The number of nitrogens with zero attached hydrogens (tertiary/aromatic N) is 3. The van der Waals surface area contributed by atoms with E-state index in [9.17, 15) is 4.79 Å². The standard InChI is InChI=1S/C8H8N4O/c1-11-2-3-12-8(11)7(13)6(4-9)5-10-12/h2-3,10H,5H2,1H3. The summed E-state index contributed by atoms with van der Waals surface area (Å²) in [6, 6.07) is 0. The van der Waals surface area contributed by atoms with Gasteiger partial charge in [0.15, 0.2) is 6.20 Å². The first-order valence-corrected chi connectivity index (χ1v) is 3.85. The first-order valence-electron chi connectivity index (χ1n) is 3.85. The van der Waals surface area contributed by atoms with Gasteiger partial charge in [0, 0.05) is 5.57 Å². The van der Waals surface area contributed by atoms with Gasteiger partial charge in [0.1, 0.15) is 6.20 Å². The fourth-order valence-electron chi connectivity index (χ4n) is 1.34. The van der Waals surface area contributed by atoms with Crippen LogP contribution in [0.3, 0.4) is 0 Å². The van der Waals surface area contributed by atoms with Crippen molar-refractivity contribution in [3.8, 4) is 0 Å². The number of fused-ring (bicyclic) bond motifs is 1. The van der Waals surface area contributed by atoms with Crippen molar-refractivity contribution in [1.29, 1.82) is 0 Å². The molecule has 0 bridgehead atoms. The molecule has 0 radical (unpaired) electrons. The highest BCUT2D eigenvalue weighted by molar-refractivity contribution is 6.12. The van der Waals surface area contributed by atoms with E-state index in [0.29, 0.717) is 12.4 Å². The first kappa shape index (κ1) is 7.76. The van der Waals surface area contributed by atoms with Crippen LogP contribution in [0, 0.1) is 0 Å². The van der Waals surface area contributed by atoms with Crippen molar-refractivity contribution in [2.75, 3.05) is 12.0 Å². The quantitative estimate of drug-likeness (QED) is 0.320. The average Bonchev–Trinajstić information content (AvgIpc) is 2.49. The summed E-state index contributed by atoms with van der Waals surface area (Å²) in [7, 11) is 1.77. The molecule has 1 aliphatic heterocycles. The van der Waals surface area contributed by atoms with Crippen molar-refractivity contribution < 1.29 is 9.36 Å². The number of Topliss-reactive ketones (excluding diaryl/α,β-unsaturated/α-hetero) is 1. The summed E-state index contributed by atoms with van der Waals surface area (Å²) in [6.45, 7) is 0.303. The topological polar surface area (TPSA) is 60.2 Å². The van der Waals surface area contributed by atoms with Gasteiger partial charge in [0.2, 0.25) is 0 Å². The number of aromatic nitrogens is 2. The molecule has 0 aliphatic carbocycles. The van der Waals surface area contributed by atoms with Crippen molar-refractivity contribution in [3.05, 3.63) is 29.2 Å². The molecule has 5 nitrogen and oxygen atoms in total. The molecular weight excluding hydrogens is 168 g/mol. The van der Waals surface area contributed by atoms with Gasteiger partial charge in [-0.1, -0.05) is 0 Å². The molecule has 1 aliphatic rings. The number of ketones is 1. The number of carbonyl (C=O) groups is 1. The molecule has 0 amide bonds. The van der Waals surface area contributed by atoms with E-state index >= 15 is 0 Å². The van der Waals surface area contributed by atoms with Crippen LogP contribution in [0.5, 0.6) is 0 Å². The second kappa shape index (κ2) is 2.57. The van der Waals surface area contributed by atoms with E-state index in [1.165, 1.54) is 0 Å². The smallest absolute Gasteiger partial charge is 0.354 e. The predicted octanol–water partition coefficient (Wildman–Crippen LogP) is -0.782. The second-order valence-corrected chi connectivity index (χ2v) is 2.86. The van der Waals surface area contributed by atoms with Gasteiger partial charge in [-0.25, -0.2) is 4.57 Å². The number of hydrogen-bond donors (Lipinski definition) is 1. The highest BCUT2D eigenvalue weighted by atomic mass is 16.1. The molecule has 2 rings (SSSR count). The zero-order chi connectivity index (χ0) is 9.42. The number of carbonyl (C=O) groups excluding carboxylic acids is 1. The monoisotopic (exact) mass is 176 g/mol. The molecule has 1 aromatic heterocycles. The predicted molar refractivity (Wildman–Crippen MR) is 46.0 cm³/mol.